The van der Waals surface area contributed by atoms with Gasteiger partial charge >= 0.3 is 12.3 Å². The number of carboxylic acid groups (broad SMARTS) is 1. The first kappa shape index (κ1) is 20.1. The van der Waals surface area contributed by atoms with Gasteiger partial charge in [0.05, 0.1) is 18.2 Å². The molecule has 2 aromatic carbocycles. The summed E-state index contributed by atoms with van der Waals surface area (Å²) in [4.78, 5) is 11.9. The van der Waals surface area contributed by atoms with Gasteiger partial charge in [0.25, 0.3) is 0 Å². The quantitative estimate of drug-likeness (QED) is 0.576. The van der Waals surface area contributed by atoms with Crippen molar-refractivity contribution in [3.63, 3.8) is 0 Å². The van der Waals surface area contributed by atoms with E-state index < -0.39 is 23.9 Å². The largest absolute Gasteiger partial charge is 0.465 e. The van der Waals surface area contributed by atoms with Gasteiger partial charge in [0.1, 0.15) is 0 Å². The van der Waals surface area contributed by atoms with Crippen molar-refractivity contribution in [3.05, 3.63) is 54.1 Å². The van der Waals surface area contributed by atoms with Crippen LogP contribution < -0.4 is 10.6 Å². The normalized spacial score (nSPS) is 12.4. The number of hydrogen-bond acceptors (Lipinski definition) is 5. The van der Waals surface area contributed by atoms with Gasteiger partial charge in [-0.3, -0.25) is 0 Å². The standard InChI is InChI=1S/C18H17F3N6O2/c1-11(22-17(28)29)10-27-25-16(24-26-27)14-4-2-3-5-15(14)23-13-8-6-12(7-9-13)18(19,20)21/h2-9,11,22-23H,10H2,1H3,(H,28,29). The van der Waals surface area contributed by atoms with E-state index in [1.165, 1.54) is 16.9 Å². The minimum atomic E-state index is -4.40. The van der Waals surface area contributed by atoms with Crippen molar-refractivity contribution in [1.82, 2.24) is 25.5 Å². The lowest BCUT2D eigenvalue weighted by molar-refractivity contribution is -0.137. The highest BCUT2D eigenvalue weighted by Gasteiger charge is 2.30. The van der Waals surface area contributed by atoms with Gasteiger partial charge in [0.15, 0.2) is 0 Å². The van der Waals surface area contributed by atoms with Crippen LogP contribution in [0.5, 0.6) is 0 Å². The summed E-state index contributed by atoms with van der Waals surface area (Å²) in [6.07, 6.45) is -5.55. The average molecular weight is 406 g/mol. The van der Waals surface area contributed by atoms with Crippen LogP contribution in [0, 0.1) is 0 Å². The molecular weight excluding hydrogens is 389 g/mol. The van der Waals surface area contributed by atoms with Gasteiger partial charge in [-0.2, -0.15) is 18.0 Å². The molecule has 11 heteroatoms. The molecule has 0 saturated carbocycles. The van der Waals surface area contributed by atoms with Gasteiger partial charge in [0, 0.05) is 16.9 Å². The van der Waals surface area contributed by atoms with Crippen molar-refractivity contribution in [1.29, 1.82) is 0 Å². The molecule has 1 heterocycles. The predicted octanol–water partition coefficient (Wildman–Crippen LogP) is 3.76. The summed E-state index contributed by atoms with van der Waals surface area (Å²) in [5.41, 5.74) is 0.920. The van der Waals surface area contributed by atoms with E-state index in [9.17, 15) is 18.0 Å². The van der Waals surface area contributed by atoms with E-state index in [1.807, 2.05) is 0 Å². The van der Waals surface area contributed by atoms with Crippen molar-refractivity contribution in [2.45, 2.75) is 25.7 Å². The van der Waals surface area contributed by atoms with E-state index in [2.05, 4.69) is 26.0 Å². The van der Waals surface area contributed by atoms with Gasteiger partial charge in [-0.15, -0.1) is 10.2 Å². The Hall–Kier alpha value is -3.63. The molecule has 3 N–H and O–H groups in total. The molecule has 29 heavy (non-hydrogen) atoms. The lowest BCUT2D eigenvalue weighted by atomic mass is 10.1. The van der Waals surface area contributed by atoms with Crippen LogP contribution in [-0.2, 0) is 12.7 Å². The summed E-state index contributed by atoms with van der Waals surface area (Å²) < 4.78 is 38.1. The molecule has 0 bridgehead atoms. The zero-order chi connectivity index (χ0) is 21.0. The Morgan fingerprint density at radius 1 is 1.17 bits per heavy atom. The Bertz CT molecular complexity index is 988. The molecule has 152 valence electrons. The number of anilines is 2. The van der Waals surface area contributed by atoms with Gasteiger partial charge in [-0.1, -0.05) is 12.1 Å². The van der Waals surface area contributed by atoms with E-state index >= 15 is 0 Å². The second-order valence-electron chi connectivity index (χ2n) is 6.26. The highest BCUT2D eigenvalue weighted by atomic mass is 19.4. The Balaban J connectivity index is 1.78. The monoisotopic (exact) mass is 406 g/mol. The smallest absolute Gasteiger partial charge is 0.416 e. The molecule has 1 aromatic heterocycles. The highest BCUT2D eigenvalue weighted by molar-refractivity contribution is 5.77. The van der Waals surface area contributed by atoms with E-state index in [1.54, 1.807) is 31.2 Å². The van der Waals surface area contributed by atoms with Crippen LogP contribution in [0.2, 0.25) is 0 Å². The third kappa shape index (κ3) is 5.21. The maximum Gasteiger partial charge on any atom is 0.416 e. The van der Waals surface area contributed by atoms with E-state index in [0.29, 0.717) is 22.8 Å². The van der Waals surface area contributed by atoms with E-state index in [0.717, 1.165) is 12.1 Å². The summed E-state index contributed by atoms with van der Waals surface area (Å²) in [5.74, 6) is 0.294. The van der Waals surface area contributed by atoms with Crippen molar-refractivity contribution in [2.24, 2.45) is 0 Å². The van der Waals surface area contributed by atoms with Crippen LogP contribution in [0.3, 0.4) is 0 Å². The highest BCUT2D eigenvalue weighted by Crippen LogP contribution is 2.32. The van der Waals surface area contributed by atoms with Crippen molar-refractivity contribution < 1.29 is 23.1 Å². The van der Waals surface area contributed by atoms with Crippen molar-refractivity contribution in [2.75, 3.05) is 5.32 Å². The summed E-state index contributed by atoms with van der Waals surface area (Å²) in [7, 11) is 0. The molecule has 3 rings (SSSR count). The van der Waals surface area contributed by atoms with Crippen molar-refractivity contribution in [3.8, 4) is 11.4 Å². The molecule has 8 nitrogen and oxygen atoms in total. The van der Waals surface area contributed by atoms with Crippen LogP contribution in [-0.4, -0.2) is 37.4 Å². The predicted molar refractivity (Wildman–Crippen MR) is 98.6 cm³/mol. The summed E-state index contributed by atoms with van der Waals surface area (Å²) in [6, 6.07) is 11.3. The van der Waals surface area contributed by atoms with Crippen LogP contribution in [0.4, 0.5) is 29.3 Å². The second-order valence-corrected chi connectivity index (χ2v) is 6.26. The summed E-state index contributed by atoms with van der Waals surface area (Å²) in [5, 5.41) is 26.2. The molecule has 0 radical (unpaired) electrons. The third-order valence-corrected chi connectivity index (χ3v) is 3.92. The third-order valence-electron chi connectivity index (χ3n) is 3.92. The fourth-order valence-electron chi connectivity index (χ4n) is 2.61. The molecule has 3 aromatic rings. The molecule has 1 amide bonds. The lowest BCUT2D eigenvalue weighted by Crippen LogP contribution is -2.35. The fraction of sp³-hybridized carbons (Fsp3) is 0.222. The maximum absolute atomic E-state index is 12.7. The molecule has 0 aliphatic rings. The Morgan fingerprint density at radius 2 is 1.86 bits per heavy atom. The number of nitrogens with one attached hydrogen (secondary N) is 2. The van der Waals surface area contributed by atoms with Crippen molar-refractivity contribution >= 4 is 17.5 Å². The zero-order valence-electron chi connectivity index (χ0n) is 15.2. The molecular formula is C18H17F3N6O2. The van der Waals surface area contributed by atoms with E-state index in [-0.39, 0.29) is 6.54 Å². The van der Waals surface area contributed by atoms with Gasteiger partial charge in [0.2, 0.25) is 5.82 Å². The molecule has 0 aliphatic heterocycles. The number of carbonyl (C=O) groups is 1. The Kier molecular flexibility index (Phi) is 5.66. The Labute approximate surface area is 163 Å². The van der Waals surface area contributed by atoms with Gasteiger partial charge in [-0.25, -0.2) is 4.79 Å². The molecule has 0 saturated heterocycles. The molecule has 0 aliphatic carbocycles. The number of amides is 1. The Morgan fingerprint density at radius 3 is 2.52 bits per heavy atom. The zero-order valence-corrected chi connectivity index (χ0v) is 15.2. The van der Waals surface area contributed by atoms with Gasteiger partial charge in [-0.05, 0) is 48.5 Å². The number of para-hydroxylation sites is 1. The number of hydrogen-bond donors (Lipinski definition) is 3. The average Bonchev–Trinajstić information content (AvgIpc) is 3.09. The van der Waals surface area contributed by atoms with Gasteiger partial charge < -0.3 is 15.7 Å². The maximum atomic E-state index is 12.7. The molecule has 1 unspecified atom stereocenters. The topological polar surface area (TPSA) is 105 Å². The molecule has 1 atom stereocenters. The first-order valence-corrected chi connectivity index (χ1v) is 8.53. The fourth-order valence-corrected chi connectivity index (χ4v) is 2.61. The number of rotatable bonds is 6. The lowest BCUT2D eigenvalue weighted by Gasteiger charge is -2.12. The number of halogens is 3. The number of alkyl halides is 3. The molecule has 0 spiro atoms. The SMILES string of the molecule is CC(Cn1nnc(-c2ccccc2Nc2ccc(C(F)(F)F)cc2)n1)NC(=O)O. The van der Waals surface area contributed by atoms with Crippen LogP contribution in [0.1, 0.15) is 12.5 Å². The van der Waals surface area contributed by atoms with Crippen LogP contribution >= 0.6 is 0 Å². The second kappa shape index (κ2) is 8.17. The number of aromatic nitrogens is 4. The first-order valence-electron chi connectivity index (χ1n) is 8.53. The van der Waals surface area contributed by atoms with E-state index in [4.69, 9.17) is 5.11 Å². The minimum absolute atomic E-state index is 0.188. The van der Waals surface area contributed by atoms with Crippen LogP contribution in [0.15, 0.2) is 48.5 Å². The number of benzene rings is 2. The summed E-state index contributed by atoms with van der Waals surface area (Å²) >= 11 is 0. The molecule has 0 fully saturated rings. The summed E-state index contributed by atoms with van der Waals surface area (Å²) in [6.45, 7) is 1.85. The minimum Gasteiger partial charge on any atom is -0.465 e. The number of tetrazole rings is 1. The number of nitrogens with zero attached hydrogens (tertiary/aromatic N) is 4. The van der Waals surface area contributed by atoms with Crippen LogP contribution in [0.25, 0.3) is 11.4 Å². The first-order chi connectivity index (χ1) is 13.7.